The first kappa shape index (κ1) is 25.9. The highest BCUT2D eigenvalue weighted by molar-refractivity contribution is 14.0. The zero-order valence-electron chi connectivity index (χ0n) is 18.5. The van der Waals surface area contributed by atoms with Crippen LogP contribution in [0.3, 0.4) is 0 Å². The number of nitrogens with two attached hydrogens (primary N) is 1. The van der Waals surface area contributed by atoms with Gasteiger partial charge in [0.15, 0.2) is 5.96 Å². The topological polar surface area (TPSA) is 89.2 Å². The highest BCUT2D eigenvalue weighted by Gasteiger charge is 2.23. The fourth-order valence-electron chi connectivity index (χ4n) is 3.45. The molecule has 1 saturated heterocycles. The van der Waals surface area contributed by atoms with Crippen LogP contribution >= 0.6 is 24.0 Å². The van der Waals surface area contributed by atoms with Gasteiger partial charge in [-0.1, -0.05) is 54.6 Å². The Morgan fingerprint density at radius 2 is 1.62 bits per heavy atom. The average Bonchev–Trinajstić information content (AvgIpc) is 2.80. The van der Waals surface area contributed by atoms with Gasteiger partial charge in [0.05, 0.1) is 26.4 Å². The number of ether oxygens (including phenoxy) is 2. The van der Waals surface area contributed by atoms with E-state index >= 15 is 0 Å². The molecule has 32 heavy (non-hydrogen) atoms. The normalized spacial score (nSPS) is 14.5. The quantitative estimate of drug-likeness (QED) is 0.293. The number of carbonyl (C=O) groups excluding carboxylic acids is 1. The summed E-state index contributed by atoms with van der Waals surface area (Å²) in [5, 5.41) is 3.26. The third-order valence-corrected chi connectivity index (χ3v) is 5.21. The molecule has 0 unspecified atom stereocenters. The minimum Gasteiger partial charge on any atom is -0.450 e. The molecule has 1 aliphatic rings. The number of benzene rings is 2. The molecule has 2 aromatic rings. The van der Waals surface area contributed by atoms with Gasteiger partial charge in [-0.05, 0) is 36.5 Å². The summed E-state index contributed by atoms with van der Waals surface area (Å²) in [6.45, 7) is 5.25. The number of likely N-dealkylation sites (tertiary alicyclic amines) is 1. The lowest BCUT2D eigenvalue weighted by Crippen LogP contribution is -2.48. The lowest BCUT2D eigenvalue weighted by molar-refractivity contribution is 0.0963. The third-order valence-electron chi connectivity index (χ3n) is 5.21. The summed E-state index contributed by atoms with van der Waals surface area (Å²) in [6, 6.07) is 18.6. The van der Waals surface area contributed by atoms with Crippen LogP contribution in [0.2, 0.25) is 0 Å². The number of nitrogens with one attached hydrogen (secondary N) is 1. The summed E-state index contributed by atoms with van der Waals surface area (Å²) in [6.07, 6.45) is 1.41. The van der Waals surface area contributed by atoms with Crippen molar-refractivity contribution in [2.75, 3.05) is 19.7 Å². The van der Waals surface area contributed by atoms with Crippen LogP contribution in [-0.2, 0) is 29.2 Å². The predicted molar refractivity (Wildman–Crippen MR) is 137 cm³/mol. The van der Waals surface area contributed by atoms with Crippen LogP contribution < -0.4 is 11.1 Å². The first-order valence-electron chi connectivity index (χ1n) is 10.8. The van der Waals surface area contributed by atoms with Crippen molar-refractivity contribution in [1.82, 2.24) is 10.2 Å². The fourth-order valence-corrected chi connectivity index (χ4v) is 3.45. The number of piperidine rings is 1. The maximum Gasteiger partial charge on any atom is 0.409 e. The van der Waals surface area contributed by atoms with Crippen molar-refractivity contribution < 1.29 is 14.3 Å². The Morgan fingerprint density at radius 1 is 1.03 bits per heavy atom. The largest absolute Gasteiger partial charge is 0.450 e. The SMILES string of the molecule is CCOC(=O)N1CCC(NC(N)=NCc2ccc(COCc3ccccc3)cc2)CC1.I. The molecule has 0 spiro atoms. The Balaban J connectivity index is 0.00000363. The molecule has 0 atom stereocenters. The van der Waals surface area contributed by atoms with E-state index < -0.39 is 0 Å². The number of nitrogens with zero attached hydrogens (tertiary/aromatic N) is 2. The Hall–Kier alpha value is -2.33. The lowest BCUT2D eigenvalue weighted by Gasteiger charge is -2.31. The number of amides is 1. The van der Waals surface area contributed by atoms with Crippen molar-refractivity contribution in [3.63, 3.8) is 0 Å². The number of rotatable bonds is 8. The van der Waals surface area contributed by atoms with Gasteiger partial charge in [-0.25, -0.2) is 9.79 Å². The summed E-state index contributed by atoms with van der Waals surface area (Å²) in [5.41, 5.74) is 9.45. The van der Waals surface area contributed by atoms with Crippen molar-refractivity contribution in [3.8, 4) is 0 Å². The summed E-state index contributed by atoms with van der Waals surface area (Å²) in [7, 11) is 0. The molecule has 0 saturated carbocycles. The van der Waals surface area contributed by atoms with E-state index in [-0.39, 0.29) is 36.1 Å². The molecule has 1 aliphatic heterocycles. The molecule has 3 rings (SSSR count). The highest BCUT2D eigenvalue weighted by Crippen LogP contribution is 2.12. The second-order valence-corrected chi connectivity index (χ2v) is 7.60. The van der Waals surface area contributed by atoms with Crippen molar-refractivity contribution in [2.24, 2.45) is 10.7 Å². The third kappa shape index (κ3) is 8.66. The standard InChI is InChI=1S/C24H32N4O3.HI/c1-2-31-24(29)28-14-12-22(13-15-28)27-23(25)26-16-19-8-10-21(11-9-19)18-30-17-20-6-4-3-5-7-20;/h3-11,22H,2,12-18H2,1H3,(H3,25,26,27);1H. The van der Waals surface area contributed by atoms with Crippen LogP contribution in [0.5, 0.6) is 0 Å². The molecule has 1 amide bonds. The zero-order chi connectivity index (χ0) is 21.9. The van der Waals surface area contributed by atoms with Gasteiger partial charge < -0.3 is 25.4 Å². The van der Waals surface area contributed by atoms with Gasteiger partial charge in [-0.15, -0.1) is 24.0 Å². The second-order valence-electron chi connectivity index (χ2n) is 7.60. The van der Waals surface area contributed by atoms with E-state index in [4.69, 9.17) is 15.2 Å². The van der Waals surface area contributed by atoms with Crippen molar-refractivity contribution in [2.45, 2.75) is 45.6 Å². The first-order chi connectivity index (χ1) is 15.1. The van der Waals surface area contributed by atoms with E-state index in [0.29, 0.717) is 45.4 Å². The first-order valence-corrected chi connectivity index (χ1v) is 10.8. The number of halogens is 1. The molecule has 3 N–H and O–H groups in total. The second kappa shape index (κ2) is 13.9. The smallest absolute Gasteiger partial charge is 0.409 e. The van der Waals surface area contributed by atoms with Crippen LogP contribution in [0.15, 0.2) is 59.6 Å². The van der Waals surface area contributed by atoms with Gasteiger partial charge in [0.1, 0.15) is 0 Å². The summed E-state index contributed by atoms with van der Waals surface area (Å²) >= 11 is 0. The van der Waals surface area contributed by atoms with E-state index in [0.717, 1.165) is 24.0 Å². The van der Waals surface area contributed by atoms with Crippen molar-refractivity contribution >= 4 is 36.0 Å². The van der Waals surface area contributed by atoms with Gasteiger partial charge in [0.2, 0.25) is 0 Å². The van der Waals surface area contributed by atoms with E-state index in [2.05, 4.69) is 46.7 Å². The van der Waals surface area contributed by atoms with E-state index in [1.165, 1.54) is 5.56 Å². The van der Waals surface area contributed by atoms with Crippen LogP contribution in [-0.4, -0.2) is 42.7 Å². The fraction of sp³-hybridized carbons (Fsp3) is 0.417. The average molecular weight is 552 g/mol. The number of hydrogen-bond acceptors (Lipinski definition) is 4. The Bertz CT molecular complexity index is 838. The van der Waals surface area contributed by atoms with Crippen LogP contribution in [0.1, 0.15) is 36.5 Å². The molecule has 0 aromatic heterocycles. The Morgan fingerprint density at radius 3 is 2.25 bits per heavy atom. The van der Waals surface area contributed by atoms with Gasteiger partial charge >= 0.3 is 6.09 Å². The van der Waals surface area contributed by atoms with Crippen LogP contribution in [0, 0.1) is 0 Å². The van der Waals surface area contributed by atoms with Gasteiger partial charge in [0.25, 0.3) is 0 Å². The Labute approximate surface area is 207 Å². The molecule has 8 heteroatoms. The van der Waals surface area contributed by atoms with Crippen LogP contribution in [0.4, 0.5) is 4.79 Å². The maximum atomic E-state index is 11.8. The minimum atomic E-state index is -0.239. The number of carbonyl (C=O) groups is 1. The molecule has 174 valence electrons. The molecule has 1 fully saturated rings. The maximum absolute atomic E-state index is 11.8. The lowest BCUT2D eigenvalue weighted by atomic mass is 10.1. The van der Waals surface area contributed by atoms with E-state index in [1.54, 1.807) is 4.90 Å². The molecule has 0 bridgehead atoms. The minimum absolute atomic E-state index is 0. The number of aliphatic imine (C=N–C) groups is 1. The Kier molecular flexibility index (Phi) is 11.3. The zero-order valence-corrected chi connectivity index (χ0v) is 20.9. The molecule has 0 aliphatic carbocycles. The highest BCUT2D eigenvalue weighted by atomic mass is 127. The van der Waals surface area contributed by atoms with Crippen molar-refractivity contribution in [1.29, 1.82) is 0 Å². The molecule has 7 nitrogen and oxygen atoms in total. The molecular weight excluding hydrogens is 519 g/mol. The number of hydrogen-bond donors (Lipinski definition) is 2. The molecule has 0 radical (unpaired) electrons. The molecule has 2 aromatic carbocycles. The monoisotopic (exact) mass is 552 g/mol. The number of guanidine groups is 1. The van der Waals surface area contributed by atoms with Gasteiger partial charge in [0, 0.05) is 19.1 Å². The summed E-state index contributed by atoms with van der Waals surface area (Å²) in [5.74, 6) is 0.435. The van der Waals surface area contributed by atoms with E-state index in [9.17, 15) is 4.79 Å². The van der Waals surface area contributed by atoms with Crippen molar-refractivity contribution in [3.05, 3.63) is 71.3 Å². The summed E-state index contributed by atoms with van der Waals surface area (Å²) in [4.78, 5) is 17.9. The van der Waals surface area contributed by atoms with Crippen LogP contribution in [0.25, 0.3) is 0 Å². The van der Waals surface area contributed by atoms with Gasteiger partial charge in [-0.2, -0.15) is 0 Å². The predicted octanol–water partition coefficient (Wildman–Crippen LogP) is 4.05. The van der Waals surface area contributed by atoms with Gasteiger partial charge in [-0.3, -0.25) is 0 Å². The molecular formula is C24H33IN4O3. The summed E-state index contributed by atoms with van der Waals surface area (Å²) < 4.78 is 10.8. The van der Waals surface area contributed by atoms with E-state index in [1.807, 2.05) is 25.1 Å². The molecule has 1 heterocycles.